The maximum absolute atomic E-state index is 13.3. The van der Waals surface area contributed by atoms with E-state index in [4.69, 9.17) is 33.3 Å². The van der Waals surface area contributed by atoms with Gasteiger partial charge in [-0.3, -0.25) is 23.2 Å². The minimum atomic E-state index is -4.47. The lowest BCUT2D eigenvalue weighted by Gasteiger charge is -2.23. The highest BCUT2D eigenvalue weighted by Gasteiger charge is 2.32. The topological polar surface area (TPSA) is 178 Å². The van der Waals surface area contributed by atoms with Crippen LogP contribution in [0.25, 0.3) is 0 Å². The summed E-state index contributed by atoms with van der Waals surface area (Å²) in [5.41, 5.74) is 0. The van der Waals surface area contributed by atoms with Gasteiger partial charge >= 0.3 is 19.8 Å². The fourth-order valence-corrected chi connectivity index (χ4v) is 7.93. The highest BCUT2D eigenvalue weighted by Crippen LogP contribution is 2.49. The third kappa shape index (κ3) is 39.1. The molecule has 0 radical (unpaired) electrons. The minimum absolute atomic E-state index is 0.165. The molecule has 2 unspecified atom stereocenters. The molecule has 0 bridgehead atoms. The summed E-state index contributed by atoms with van der Waals surface area (Å²) in [5, 5.41) is 37.7. The molecule has 0 aromatic heterocycles. The van der Waals surface area contributed by atoms with Gasteiger partial charge < -0.3 is 29.9 Å². The molecule has 0 aliphatic carbocycles. The van der Waals surface area contributed by atoms with E-state index in [1.54, 1.807) is 0 Å². The summed E-state index contributed by atoms with van der Waals surface area (Å²) in [6, 6.07) is 0. The summed E-state index contributed by atoms with van der Waals surface area (Å²) in [4.78, 5) is 25.4. The Bertz CT molecular complexity index is 937. The van der Waals surface area contributed by atoms with Crippen LogP contribution in [0.2, 0.25) is 0 Å². The van der Waals surface area contributed by atoms with Gasteiger partial charge in [0.05, 0.1) is 33.0 Å². The Labute approximate surface area is 353 Å². The maximum Gasteiger partial charge on any atom is 0.475 e. The number of ether oxygens (including phenoxy) is 2. The van der Waals surface area contributed by atoms with Crippen molar-refractivity contribution < 1.29 is 57.6 Å². The smallest absolute Gasteiger partial charge is 0.462 e. The first-order chi connectivity index (χ1) is 28.2. The number of esters is 2. The highest BCUT2D eigenvalue weighted by atomic mass is 31.2. The van der Waals surface area contributed by atoms with E-state index in [9.17, 15) is 24.4 Å². The predicted molar refractivity (Wildman–Crippen MR) is 232 cm³/mol. The van der Waals surface area contributed by atoms with Crippen molar-refractivity contribution in [1.29, 1.82) is 0 Å². The van der Waals surface area contributed by atoms with Crippen molar-refractivity contribution in [3.63, 3.8) is 0 Å². The lowest BCUT2D eigenvalue weighted by atomic mass is 10.0. The van der Waals surface area contributed by atoms with Crippen LogP contribution in [-0.2, 0) is 37.2 Å². The number of aliphatic hydroxyl groups excluding tert-OH is 4. The number of carbonyl (C=O) groups excluding carboxylic acids is 2. The van der Waals surface area contributed by atoms with Gasteiger partial charge in [-0.25, -0.2) is 4.57 Å². The van der Waals surface area contributed by atoms with Gasteiger partial charge in [-0.15, -0.1) is 0 Å². The molecule has 0 aromatic carbocycles. The number of hydrogen-bond donors (Lipinski definition) is 4. The molecule has 4 N–H and O–H groups in total. The van der Waals surface area contributed by atoms with E-state index < -0.39 is 71.1 Å². The van der Waals surface area contributed by atoms with Crippen LogP contribution in [0.5, 0.6) is 0 Å². The molecule has 0 rings (SSSR count). The fraction of sp³-hybridized carbons (Fsp3) is 0.956. The molecular weight excluding hydrogens is 763 g/mol. The Morgan fingerprint density at radius 2 is 0.724 bits per heavy atom. The van der Waals surface area contributed by atoms with Crippen LogP contribution in [0.15, 0.2) is 0 Å². The molecule has 0 spiro atoms. The van der Waals surface area contributed by atoms with Gasteiger partial charge in [0, 0.05) is 12.8 Å². The third-order valence-electron chi connectivity index (χ3n) is 10.4. The third-order valence-corrected chi connectivity index (χ3v) is 11.8. The van der Waals surface area contributed by atoms with Crippen LogP contribution in [0.1, 0.15) is 219 Å². The zero-order valence-corrected chi connectivity index (χ0v) is 38.0. The largest absolute Gasteiger partial charge is 0.475 e. The summed E-state index contributed by atoms with van der Waals surface area (Å²) in [6.45, 7) is 1.07. The molecule has 0 amide bonds. The van der Waals surface area contributed by atoms with Crippen LogP contribution < -0.4 is 0 Å². The monoisotopic (exact) mass is 853 g/mol. The molecule has 346 valence electrons. The van der Waals surface area contributed by atoms with Crippen LogP contribution in [0.4, 0.5) is 0 Å². The van der Waals surface area contributed by atoms with Crippen molar-refractivity contribution in [2.24, 2.45) is 0 Å². The SMILES string of the molecule is CCCCCCCCCCCCCCCCCC(=O)OC[C@H](COP(=O)(OCC(O)CO)OCC(O)CO)OC(=O)CCCCCCCCCCCCCCCCC. The second kappa shape index (κ2) is 42.6. The molecule has 0 aliphatic rings. The Kier molecular flexibility index (Phi) is 41.8. The summed E-state index contributed by atoms with van der Waals surface area (Å²) in [5.74, 6) is -0.948. The van der Waals surface area contributed by atoms with Crippen LogP contribution in [-0.4, -0.2) is 90.3 Å². The van der Waals surface area contributed by atoms with Crippen LogP contribution in [0, 0.1) is 0 Å². The van der Waals surface area contributed by atoms with Gasteiger partial charge in [0.1, 0.15) is 18.8 Å². The number of carbonyl (C=O) groups is 2. The lowest BCUT2D eigenvalue weighted by molar-refractivity contribution is -0.161. The van der Waals surface area contributed by atoms with E-state index in [0.717, 1.165) is 38.5 Å². The summed E-state index contributed by atoms with van der Waals surface area (Å²) in [7, 11) is -4.47. The van der Waals surface area contributed by atoms with Gasteiger partial charge in [-0.1, -0.05) is 194 Å². The summed E-state index contributed by atoms with van der Waals surface area (Å²) >= 11 is 0. The first-order valence-corrected chi connectivity index (χ1v) is 25.1. The van der Waals surface area contributed by atoms with Crippen molar-refractivity contribution in [3.05, 3.63) is 0 Å². The Morgan fingerprint density at radius 1 is 0.431 bits per heavy atom. The van der Waals surface area contributed by atoms with E-state index >= 15 is 0 Å². The van der Waals surface area contributed by atoms with Gasteiger partial charge in [-0.2, -0.15) is 0 Å². The van der Waals surface area contributed by atoms with Crippen LogP contribution >= 0.6 is 7.82 Å². The maximum atomic E-state index is 13.3. The highest BCUT2D eigenvalue weighted by molar-refractivity contribution is 7.48. The van der Waals surface area contributed by atoms with E-state index in [2.05, 4.69) is 13.8 Å². The zero-order chi connectivity index (χ0) is 42.8. The molecule has 3 atom stereocenters. The second-order valence-corrected chi connectivity index (χ2v) is 17.9. The molecule has 0 aliphatic heterocycles. The molecule has 0 aromatic rings. The van der Waals surface area contributed by atoms with E-state index in [-0.39, 0.29) is 19.4 Å². The standard InChI is InChI=1S/C45H89O12P/c1-3-5-7-9-11-13-15-17-19-21-23-25-27-29-31-33-44(50)53-39-43(40-56-58(52,54-37-41(48)35-46)55-38-42(49)36-47)57-45(51)34-32-30-28-26-24-22-20-18-16-14-12-10-8-6-4-2/h41-43,46-49H,3-40H2,1-2H3/t41?,42?,43-,58?/m1/s1. The molecule has 0 saturated heterocycles. The number of phosphoric acid groups is 1. The van der Waals surface area contributed by atoms with E-state index in [0.29, 0.717) is 12.8 Å². The van der Waals surface area contributed by atoms with Crippen molar-refractivity contribution in [1.82, 2.24) is 0 Å². The van der Waals surface area contributed by atoms with Crippen LogP contribution in [0.3, 0.4) is 0 Å². The number of phosphoric ester groups is 1. The van der Waals surface area contributed by atoms with Gasteiger partial charge in [0.2, 0.25) is 0 Å². The van der Waals surface area contributed by atoms with Gasteiger partial charge in [-0.05, 0) is 12.8 Å². The summed E-state index contributed by atoms with van der Waals surface area (Å²) in [6.07, 6.45) is 33.0. The molecule has 0 heterocycles. The van der Waals surface area contributed by atoms with Crippen molar-refractivity contribution >= 4 is 19.8 Å². The number of rotatable bonds is 46. The van der Waals surface area contributed by atoms with Crippen molar-refractivity contribution in [2.45, 2.75) is 238 Å². The minimum Gasteiger partial charge on any atom is -0.462 e. The Hall–Kier alpha value is -1.11. The van der Waals surface area contributed by atoms with Gasteiger partial charge in [0.25, 0.3) is 0 Å². The first kappa shape index (κ1) is 56.9. The molecule has 58 heavy (non-hydrogen) atoms. The average Bonchev–Trinajstić information content (AvgIpc) is 3.22. The number of aliphatic hydroxyl groups is 4. The Balaban J connectivity index is 4.65. The lowest BCUT2D eigenvalue weighted by Crippen LogP contribution is -2.30. The average molecular weight is 853 g/mol. The van der Waals surface area contributed by atoms with Crippen molar-refractivity contribution in [3.8, 4) is 0 Å². The van der Waals surface area contributed by atoms with Crippen molar-refractivity contribution in [2.75, 3.05) is 39.6 Å². The van der Waals surface area contributed by atoms with E-state index in [1.807, 2.05) is 0 Å². The zero-order valence-electron chi connectivity index (χ0n) is 37.1. The first-order valence-electron chi connectivity index (χ1n) is 23.7. The number of unbranched alkanes of at least 4 members (excludes halogenated alkanes) is 28. The summed E-state index contributed by atoms with van der Waals surface area (Å²) < 4.78 is 39.9. The van der Waals surface area contributed by atoms with Gasteiger partial charge in [0.15, 0.2) is 6.10 Å². The fourth-order valence-electron chi connectivity index (χ4n) is 6.65. The quantitative estimate of drug-likeness (QED) is 0.0259. The predicted octanol–water partition coefficient (Wildman–Crippen LogP) is 10.8. The second-order valence-electron chi connectivity index (χ2n) is 16.2. The van der Waals surface area contributed by atoms with E-state index in [1.165, 1.54) is 141 Å². The Morgan fingerprint density at radius 3 is 1.05 bits per heavy atom. The normalized spacial score (nSPS) is 14.2. The number of hydrogen-bond acceptors (Lipinski definition) is 12. The molecule has 12 nitrogen and oxygen atoms in total. The molecule has 13 heteroatoms. The molecular formula is C45H89O12P. The molecule has 0 saturated carbocycles. The molecule has 0 fully saturated rings.